The second kappa shape index (κ2) is 5.99. The molecule has 0 fully saturated rings. The van der Waals surface area contributed by atoms with Gasteiger partial charge in [-0.05, 0) is 24.1 Å². The van der Waals surface area contributed by atoms with Crippen molar-refractivity contribution >= 4 is 10.0 Å². The van der Waals surface area contributed by atoms with E-state index in [0.29, 0.717) is 13.1 Å². The highest BCUT2D eigenvalue weighted by molar-refractivity contribution is 7.88. The Morgan fingerprint density at radius 2 is 2.05 bits per heavy atom. The first-order chi connectivity index (χ1) is 9.07. The minimum Gasteiger partial charge on any atom is -0.271 e. The predicted molar refractivity (Wildman–Crippen MR) is 74.0 cm³/mol. The van der Waals surface area contributed by atoms with Crippen LogP contribution < -0.4 is 4.72 Å². The monoisotopic (exact) mass is 279 g/mol. The van der Waals surface area contributed by atoms with Crippen LogP contribution >= 0.6 is 0 Å². The van der Waals surface area contributed by atoms with Crippen molar-refractivity contribution in [3.63, 3.8) is 0 Å². The Hall–Kier alpha value is -1.66. The van der Waals surface area contributed by atoms with Gasteiger partial charge >= 0.3 is 0 Å². The van der Waals surface area contributed by atoms with Crippen LogP contribution in [0.1, 0.15) is 11.1 Å². The standard InChI is InChI=1S/C13H17N3O2S/c1-12-5-2-3-6-13(12)11-19(17,18)15-8-10-16-9-4-7-14-16/h2-7,9,15H,8,10-11H2,1H3. The molecule has 1 heterocycles. The third-order valence-electron chi connectivity index (χ3n) is 2.83. The molecular formula is C13H17N3O2S. The highest BCUT2D eigenvalue weighted by Gasteiger charge is 2.12. The summed E-state index contributed by atoms with van der Waals surface area (Å²) >= 11 is 0. The molecule has 0 unspecified atom stereocenters. The molecular weight excluding hydrogens is 262 g/mol. The molecule has 0 radical (unpaired) electrons. The number of hydrogen-bond donors (Lipinski definition) is 1. The summed E-state index contributed by atoms with van der Waals surface area (Å²) in [4.78, 5) is 0. The fourth-order valence-electron chi connectivity index (χ4n) is 1.78. The number of nitrogens with zero attached hydrogens (tertiary/aromatic N) is 2. The normalized spacial score (nSPS) is 11.6. The number of aryl methyl sites for hydroxylation is 1. The lowest BCUT2D eigenvalue weighted by molar-refractivity contribution is 0.560. The minimum absolute atomic E-state index is 0.0127. The van der Waals surface area contributed by atoms with Gasteiger partial charge in [-0.1, -0.05) is 24.3 Å². The van der Waals surface area contributed by atoms with E-state index in [4.69, 9.17) is 0 Å². The molecule has 0 spiro atoms. The van der Waals surface area contributed by atoms with Gasteiger partial charge in [0.2, 0.25) is 10.0 Å². The molecule has 0 aliphatic rings. The number of sulfonamides is 1. The molecule has 102 valence electrons. The Morgan fingerprint density at radius 1 is 1.26 bits per heavy atom. The Balaban J connectivity index is 1.90. The van der Waals surface area contributed by atoms with Gasteiger partial charge in [0, 0.05) is 18.9 Å². The smallest absolute Gasteiger partial charge is 0.215 e. The summed E-state index contributed by atoms with van der Waals surface area (Å²) in [6.07, 6.45) is 3.47. The summed E-state index contributed by atoms with van der Waals surface area (Å²) < 4.78 is 28.2. The van der Waals surface area contributed by atoms with Gasteiger partial charge in [-0.25, -0.2) is 13.1 Å². The van der Waals surface area contributed by atoms with Gasteiger partial charge in [0.1, 0.15) is 0 Å². The van der Waals surface area contributed by atoms with Gasteiger partial charge in [0.15, 0.2) is 0 Å². The summed E-state index contributed by atoms with van der Waals surface area (Å²) in [5.74, 6) is 0.0127. The molecule has 0 saturated carbocycles. The first-order valence-electron chi connectivity index (χ1n) is 6.06. The van der Waals surface area contributed by atoms with Gasteiger partial charge in [-0.3, -0.25) is 4.68 Å². The van der Waals surface area contributed by atoms with Crippen molar-refractivity contribution < 1.29 is 8.42 Å². The highest BCUT2D eigenvalue weighted by Crippen LogP contribution is 2.10. The fraction of sp³-hybridized carbons (Fsp3) is 0.308. The van der Waals surface area contributed by atoms with Crippen molar-refractivity contribution in [2.75, 3.05) is 6.54 Å². The molecule has 5 nitrogen and oxygen atoms in total. The molecule has 2 aromatic rings. The first-order valence-corrected chi connectivity index (χ1v) is 7.71. The van der Waals surface area contributed by atoms with Gasteiger partial charge in [-0.15, -0.1) is 0 Å². The average Bonchev–Trinajstić information content (AvgIpc) is 2.85. The van der Waals surface area contributed by atoms with Crippen LogP contribution in [0.4, 0.5) is 0 Å². The van der Waals surface area contributed by atoms with Crippen LogP contribution in [0.5, 0.6) is 0 Å². The minimum atomic E-state index is -3.30. The van der Waals surface area contributed by atoms with Gasteiger partial charge < -0.3 is 0 Å². The van der Waals surface area contributed by atoms with E-state index in [-0.39, 0.29) is 5.75 Å². The largest absolute Gasteiger partial charge is 0.271 e. The second-order valence-electron chi connectivity index (χ2n) is 4.35. The summed E-state index contributed by atoms with van der Waals surface area (Å²) in [6, 6.07) is 9.30. The average molecular weight is 279 g/mol. The van der Waals surface area contributed by atoms with Crippen LogP contribution in [-0.4, -0.2) is 24.7 Å². The van der Waals surface area contributed by atoms with E-state index in [9.17, 15) is 8.42 Å². The molecule has 6 heteroatoms. The zero-order chi connectivity index (χ0) is 13.7. The first kappa shape index (κ1) is 13.8. The summed E-state index contributed by atoms with van der Waals surface area (Å²) in [7, 11) is -3.30. The molecule has 0 aliphatic carbocycles. The molecule has 0 atom stereocenters. The number of hydrogen-bond acceptors (Lipinski definition) is 3. The Labute approximate surface area is 113 Å². The predicted octanol–water partition coefficient (Wildman–Crippen LogP) is 1.31. The second-order valence-corrected chi connectivity index (χ2v) is 6.16. The molecule has 1 aromatic heterocycles. The molecule has 0 amide bonds. The van der Waals surface area contributed by atoms with Gasteiger partial charge in [-0.2, -0.15) is 5.10 Å². The van der Waals surface area contributed by atoms with Crippen LogP contribution in [0.2, 0.25) is 0 Å². The van der Waals surface area contributed by atoms with E-state index >= 15 is 0 Å². The van der Waals surface area contributed by atoms with Crippen molar-refractivity contribution in [2.45, 2.75) is 19.2 Å². The SMILES string of the molecule is Cc1ccccc1CS(=O)(=O)NCCn1cccn1. The number of nitrogens with one attached hydrogen (secondary N) is 1. The van der Waals surface area contributed by atoms with Crippen molar-refractivity contribution in [2.24, 2.45) is 0 Å². The zero-order valence-corrected chi connectivity index (χ0v) is 11.6. The number of rotatable bonds is 6. The molecule has 2 rings (SSSR count). The molecule has 19 heavy (non-hydrogen) atoms. The van der Waals surface area contributed by atoms with E-state index in [0.717, 1.165) is 11.1 Å². The summed E-state index contributed by atoms with van der Waals surface area (Å²) in [5.41, 5.74) is 1.81. The maximum absolute atomic E-state index is 11.9. The van der Waals surface area contributed by atoms with Gasteiger partial charge in [0.25, 0.3) is 0 Å². The highest BCUT2D eigenvalue weighted by atomic mass is 32.2. The van der Waals surface area contributed by atoms with Crippen LogP contribution in [0, 0.1) is 6.92 Å². The lowest BCUT2D eigenvalue weighted by Gasteiger charge is -2.08. The van der Waals surface area contributed by atoms with E-state index < -0.39 is 10.0 Å². The van der Waals surface area contributed by atoms with Crippen LogP contribution in [0.3, 0.4) is 0 Å². The van der Waals surface area contributed by atoms with Gasteiger partial charge in [0.05, 0.1) is 12.3 Å². The van der Waals surface area contributed by atoms with Crippen LogP contribution in [0.15, 0.2) is 42.7 Å². The topological polar surface area (TPSA) is 64.0 Å². The maximum Gasteiger partial charge on any atom is 0.215 e. The quantitative estimate of drug-likeness (QED) is 0.867. The van der Waals surface area contributed by atoms with E-state index in [1.54, 1.807) is 17.1 Å². The Morgan fingerprint density at radius 3 is 2.74 bits per heavy atom. The molecule has 1 aromatic carbocycles. The summed E-state index contributed by atoms with van der Waals surface area (Å²) in [6.45, 7) is 2.78. The van der Waals surface area contributed by atoms with E-state index in [2.05, 4.69) is 9.82 Å². The van der Waals surface area contributed by atoms with Crippen molar-refractivity contribution in [1.29, 1.82) is 0 Å². The Kier molecular flexibility index (Phi) is 4.34. The molecule has 0 aliphatic heterocycles. The van der Waals surface area contributed by atoms with E-state index in [1.807, 2.05) is 37.3 Å². The van der Waals surface area contributed by atoms with E-state index in [1.165, 1.54) is 0 Å². The maximum atomic E-state index is 11.9. The number of benzene rings is 1. The third kappa shape index (κ3) is 4.18. The van der Waals surface area contributed by atoms with Crippen molar-refractivity contribution in [3.05, 3.63) is 53.9 Å². The molecule has 0 saturated heterocycles. The number of aromatic nitrogens is 2. The lowest BCUT2D eigenvalue weighted by Crippen LogP contribution is -2.28. The lowest BCUT2D eigenvalue weighted by atomic mass is 10.1. The van der Waals surface area contributed by atoms with Crippen LogP contribution in [-0.2, 0) is 22.3 Å². The van der Waals surface area contributed by atoms with Crippen molar-refractivity contribution in [1.82, 2.24) is 14.5 Å². The molecule has 1 N–H and O–H groups in total. The van der Waals surface area contributed by atoms with Crippen molar-refractivity contribution in [3.8, 4) is 0 Å². The molecule has 0 bridgehead atoms. The van der Waals surface area contributed by atoms with Crippen LogP contribution in [0.25, 0.3) is 0 Å². The third-order valence-corrected chi connectivity index (χ3v) is 4.16. The summed E-state index contributed by atoms with van der Waals surface area (Å²) in [5, 5.41) is 4.02. The Bertz CT molecular complexity index is 621. The fourth-order valence-corrected chi connectivity index (χ4v) is 3.01. The zero-order valence-electron chi connectivity index (χ0n) is 10.8.